The molecular formula is C22H32N4O6S. The van der Waals surface area contributed by atoms with Crippen LogP contribution in [0.2, 0.25) is 0 Å². The van der Waals surface area contributed by atoms with Crippen molar-refractivity contribution < 1.29 is 27.4 Å². The number of hydrogen-bond donors (Lipinski definition) is 0. The van der Waals surface area contributed by atoms with Crippen molar-refractivity contribution in [2.24, 2.45) is 0 Å². The maximum Gasteiger partial charge on any atom is 0.341 e. The van der Waals surface area contributed by atoms with Crippen LogP contribution >= 0.6 is 0 Å². The Labute approximate surface area is 195 Å². The lowest BCUT2D eigenvalue weighted by molar-refractivity contribution is 0.0526. The lowest BCUT2D eigenvalue weighted by Gasteiger charge is -2.38. The second kappa shape index (κ2) is 10.5. The Hall–Kier alpha value is -2.63. The third kappa shape index (κ3) is 4.71. The minimum atomic E-state index is -3.54. The van der Waals surface area contributed by atoms with Crippen LogP contribution in [-0.4, -0.2) is 88.1 Å². The number of benzene rings is 1. The van der Waals surface area contributed by atoms with Gasteiger partial charge in [0.15, 0.2) is 0 Å². The molecule has 10 nitrogen and oxygen atoms in total. The van der Waals surface area contributed by atoms with Gasteiger partial charge in [-0.15, -0.1) is 0 Å². The third-order valence-electron chi connectivity index (χ3n) is 5.77. The summed E-state index contributed by atoms with van der Waals surface area (Å²) in [5.41, 5.74) is 1.46. The van der Waals surface area contributed by atoms with E-state index in [0.29, 0.717) is 59.8 Å². The maximum absolute atomic E-state index is 13.0. The zero-order valence-corrected chi connectivity index (χ0v) is 20.6. The number of anilines is 1. The average Bonchev–Trinajstić information content (AvgIpc) is 2.83. The molecule has 2 heterocycles. The number of carbonyl (C=O) groups is 1. The number of piperazine rings is 1. The van der Waals surface area contributed by atoms with Gasteiger partial charge in [-0.2, -0.15) is 17.0 Å². The molecule has 2 aromatic rings. The van der Waals surface area contributed by atoms with Gasteiger partial charge in [0.25, 0.3) is 10.2 Å². The summed E-state index contributed by atoms with van der Waals surface area (Å²) in [7, 11) is -0.433. The molecular weight excluding hydrogens is 448 g/mol. The summed E-state index contributed by atoms with van der Waals surface area (Å²) in [5, 5.41) is 0.627. The van der Waals surface area contributed by atoms with Crippen molar-refractivity contribution in [3.05, 3.63) is 23.9 Å². The minimum Gasteiger partial charge on any atom is -0.496 e. The number of pyridine rings is 1. The van der Waals surface area contributed by atoms with Crippen LogP contribution in [0.3, 0.4) is 0 Å². The summed E-state index contributed by atoms with van der Waals surface area (Å²) >= 11 is 0. The Bertz CT molecular complexity index is 1100. The Balaban J connectivity index is 2.08. The molecule has 1 saturated heterocycles. The number of carbonyl (C=O) groups excluding carboxylic acids is 1. The number of esters is 1. The van der Waals surface area contributed by atoms with E-state index in [9.17, 15) is 13.2 Å². The fourth-order valence-electron chi connectivity index (χ4n) is 4.11. The van der Waals surface area contributed by atoms with Crippen LogP contribution in [0.4, 0.5) is 5.69 Å². The molecule has 1 aromatic carbocycles. The van der Waals surface area contributed by atoms with Crippen LogP contribution in [0, 0.1) is 0 Å². The lowest BCUT2D eigenvalue weighted by Crippen LogP contribution is -2.53. The smallest absolute Gasteiger partial charge is 0.341 e. The Morgan fingerprint density at radius 3 is 2.18 bits per heavy atom. The van der Waals surface area contributed by atoms with Crippen molar-refractivity contribution >= 4 is 32.8 Å². The molecule has 1 aliphatic rings. The number of nitrogens with zero attached hydrogens (tertiary/aromatic N) is 4. The van der Waals surface area contributed by atoms with Crippen LogP contribution in [0.15, 0.2) is 18.3 Å². The van der Waals surface area contributed by atoms with E-state index in [4.69, 9.17) is 14.2 Å². The minimum absolute atomic E-state index is 0.224. The molecule has 0 amide bonds. The molecule has 3 rings (SSSR count). The van der Waals surface area contributed by atoms with E-state index in [1.807, 2.05) is 18.7 Å². The molecule has 182 valence electrons. The largest absolute Gasteiger partial charge is 0.496 e. The van der Waals surface area contributed by atoms with E-state index < -0.39 is 16.2 Å². The first-order valence-corrected chi connectivity index (χ1v) is 12.4. The molecule has 1 aliphatic heterocycles. The first-order chi connectivity index (χ1) is 15.8. The van der Waals surface area contributed by atoms with Crippen LogP contribution in [-0.2, 0) is 14.9 Å². The van der Waals surface area contributed by atoms with Gasteiger partial charge in [0.1, 0.15) is 22.6 Å². The van der Waals surface area contributed by atoms with Gasteiger partial charge in [-0.3, -0.25) is 4.98 Å². The first-order valence-electron chi connectivity index (χ1n) is 11.0. The van der Waals surface area contributed by atoms with Crippen molar-refractivity contribution in [1.29, 1.82) is 0 Å². The highest BCUT2D eigenvalue weighted by molar-refractivity contribution is 7.86. The van der Waals surface area contributed by atoms with Crippen LogP contribution in [0.1, 0.15) is 31.1 Å². The van der Waals surface area contributed by atoms with E-state index in [2.05, 4.69) is 4.98 Å². The standard InChI is InChI=1S/C22H32N4O6S/c1-6-25(7-2)33(28,29)26-13-11-24(12-14-26)21-16(22(27)32-8-3)15-23-20-18(31-5)10-9-17(30-4)19(20)21/h9-10,15H,6-8,11-14H2,1-5H3. The number of fused-ring (bicyclic) bond motifs is 1. The first kappa shape index (κ1) is 25.0. The van der Waals surface area contributed by atoms with E-state index in [1.165, 1.54) is 14.8 Å². The molecule has 1 aromatic heterocycles. The third-order valence-corrected chi connectivity index (χ3v) is 7.95. The number of rotatable bonds is 9. The second-order valence-electron chi connectivity index (χ2n) is 7.41. The van der Waals surface area contributed by atoms with E-state index in [1.54, 1.807) is 33.3 Å². The summed E-state index contributed by atoms with van der Waals surface area (Å²) < 4.78 is 45.2. The molecule has 1 fully saturated rings. The molecule has 0 saturated carbocycles. The van der Waals surface area contributed by atoms with Crippen molar-refractivity contribution in [2.75, 3.05) is 65.0 Å². The molecule has 0 radical (unpaired) electrons. The number of methoxy groups -OCH3 is 2. The highest BCUT2D eigenvalue weighted by Crippen LogP contribution is 2.41. The zero-order chi connectivity index (χ0) is 24.2. The molecule has 0 unspecified atom stereocenters. The average molecular weight is 481 g/mol. The zero-order valence-electron chi connectivity index (χ0n) is 19.8. The topological polar surface area (TPSA) is 102 Å². The summed E-state index contributed by atoms with van der Waals surface area (Å²) in [5.74, 6) is 0.591. The van der Waals surface area contributed by atoms with Gasteiger partial charge >= 0.3 is 5.97 Å². The van der Waals surface area contributed by atoms with Crippen molar-refractivity contribution in [1.82, 2.24) is 13.6 Å². The van der Waals surface area contributed by atoms with E-state index in [0.717, 1.165) is 0 Å². The molecule has 0 N–H and O–H groups in total. The second-order valence-corrected chi connectivity index (χ2v) is 9.34. The summed E-state index contributed by atoms with van der Waals surface area (Å²) in [6.45, 7) is 7.81. The van der Waals surface area contributed by atoms with Crippen molar-refractivity contribution in [3.8, 4) is 11.5 Å². The van der Waals surface area contributed by atoms with Gasteiger partial charge in [0.05, 0.1) is 31.9 Å². The van der Waals surface area contributed by atoms with Gasteiger partial charge in [0, 0.05) is 45.5 Å². The van der Waals surface area contributed by atoms with Crippen LogP contribution in [0.25, 0.3) is 10.9 Å². The normalized spacial score (nSPS) is 15.2. The van der Waals surface area contributed by atoms with Crippen LogP contribution < -0.4 is 14.4 Å². The SMILES string of the molecule is CCOC(=O)c1cnc2c(OC)ccc(OC)c2c1N1CCN(S(=O)(=O)N(CC)CC)CC1. The highest BCUT2D eigenvalue weighted by Gasteiger charge is 2.33. The number of aromatic nitrogens is 1. The molecule has 0 spiro atoms. The highest BCUT2D eigenvalue weighted by atomic mass is 32.2. The molecule has 33 heavy (non-hydrogen) atoms. The summed E-state index contributed by atoms with van der Waals surface area (Å²) in [6, 6.07) is 3.53. The monoisotopic (exact) mass is 480 g/mol. The van der Waals surface area contributed by atoms with Gasteiger partial charge in [-0.05, 0) is 19.1 Å². The fraction of sp³-hybridized carbons (Fsp3) is 0.545. The fourth-order valence-corrected chi connectivity index (χ4v) is 5.72. The predicted molar refractivity (Wildman–Crippen MR) is 126 cm³/mol. The van der Waals surface area contributed by atoms with Gasteiger partial charge in [0.2, 0.25) is 0 Å². The summed E-state index contributed by atoms with van der Waals surface area (Å²) in [4.78, 5) is 19.3. The Morgan fingerprint density at radius 1 is 1.03 bits per heavy atom. The van der Waals surface area contributed by atoms with E-state index in [-0.39, 0.29) is 19.7 Å². The summed E-state index contributed by atoms with van der Waals surface area (Å²) in [6.07, 6.45) is 1.48. The molecule has 0 atom stereocenters. The van der Waals surface area contributed by atoms with Crippen molar-refractivity contribution in [2.45, 2.75) is 20.8 Å². The molecule has 0 bridgehead atoms. The Kier molecular flexibility index (Phi) is 7.98. The number of hydrogen-bond acceptors (Lipinski definition) is 8. The van der Waals surface area contributed by atoms with E-state index >= 15 is 0 Å². The number of ether oxygens (including phenoxy) is 3. The van der Waals surface area contributed by atoms with Gasteiger partial charge < -0.3 is 19.1 Å². The van der Waals surface area contributed by atoms with Gasteiger partial charge in [-0.25, -0.2) is 4.79 Å². The maximum atomic E-state index is 13.0. The molecule has 0 aliphatic carbocycles. The van der Waals surface area contributed by atoms with Crippen LogP contribution in [0.5, 0.6) is 11.5 Å². The quantitative estimate of drug-likeness (QED) is 0.503. The van der Waals surface area contributed by atoms with Crippen molar-refractivity contribution in [3.63, 3.8) is 0 Å². The Morgan fingerprint density at radius 2 is 1.64 bits per heavy atom. The molecule has 11 heteroatoms. The van der Waals surface area contributed by atoms with Gasteiger partial charge in [-0.1, -0.05) is 13.8 Å². The predicted octanol–water partition coefficient (Wildman–Crippen LogP) is 2.14. The lowest BCUT2D eigenvalue weighted by atomic mass is 10.1.